The van der Waals surface area contributed by atoms with Gasteiger partial charge in [0.05, 0.1) is 0 Å². The average Bonchev–Trinajstić information content (AvgIpc) is 2.32. The maximum absolute atomic E-state index is 11.8. The van der Waals surface area contributed by atoms with Gasteiger partial charge in [0.1, 0.15) is 5.60 Å². The van der Waals surface area contributed by atoms with Crippen molar-refractivity contribution in [1.82, 2.24) is 0 Å². The summed E-state index contributed by atoms with van der Waals surface area (Å²) in [5, 5.41) is 2.78. The van der Waals surface area contributed by atoms with Gasteiger partial charge in [0.25, 0.3) is 0 Å². The predicted molar refractivity (Wildman–Crippen MR) is 82.9 cm³/mol. The van der Waals surface area contributed by atoms with Gasteiger partial charge in [-0.1, -0.05) is 18.8 Å². The molecule has 0 aliphatic carbocycles. The molecule has 0 radical (unpaired) electrons. The highest BCUT2D eigenvalue weighted by molar-refractivity contribution is 5.86. The van der Waals surface area contributed by atoms with Crippen LogP contribution in [-0.2, 0) is 4.74 Å². The number of rotatable bonds is 1. The number of anilines is 1. The van der Waals surface area contributed by atoms with Crippen LogP contribution in [0.1, 0.15) is 50.8 Å². The fourth-order valence-electron chi connectivity index (χ4n) is 1.69. The van der Waals surface area contributed by atoms with E-state index in [2.05, 4.69) is 17.2 Å². The Morgan fingerprint density at radius 3 is 2.45 bits per heavy atom. The lowest BCUT2D eigenvalue weighted by Gasteiger charge is -2.20. The molecule has 0 unspecified atom stereocenters. The van der Waals surface area contributed by atoms with Crippen LogP contribution in [0.4, 0.5) is 10.5 Å². The molecule has 0 heterocycles. The molecule has 0 saturated heterocycles. The Morgan fingerprint density at radius 1 is 1.25 bits per heavy atom. The summed E-state index contributed by atoms with van der Waals surface area (Å²) in [5.74, 6) is 6.19. The molecule has 1 amide bonds. The number of carbonyl (C=O) groups is 1. The number of amides is 1. The second kappa shape index (κ2) is 6.47. The zero-order valence-corrected chi connectivity index (χ0v) is 13.2. The van der Waals surface area contributed by atoms with Crippen molar-refractivity contribution in [3.63, 3.8) is 0 Å². The molecule has 0 fully saturated rings. The first kappa shape index (κ1) is 16.1. The van der Waals surface area contributed by atoms with E-state index < -0.39 is 11.7 Å². The third-order valence-corrected chi connectivity index (χ3v) is 2.82. The van der Waals surface area contributed by atoms with Crippen LogP contribution in [0, 0.1) is 25.7 Å². The summed E-state index contributed by atoms with van der Waals surface area (Å²) < 4.78 is 5.25. The fraction of sp³-hybridized carbons (Fsp3) is 0.471. The second-order valence-electron chi connectivity index (χ2n) is 5.69. The van der Waals surface area contributed by atoms with Crippen molar-refractivity contribution in [2.24, 2.45) is 0 Å². The smallest absolute Gasteiger partial charge is 0.412 e. The summed E-state index contributed by atoms with van der Waals surface area (Å²) in [6.07, 6.45) is 0.392. The third-order valence-electron chi connectivity index (χ3n) is 2.82. The van der Waals surface area contributed by atoms with E-state index in [1.807, 2.05) is 53.7 Å². The van der Waals surface area contributed by atoms with E-state index in [0.29, 0.717) is 0 Å². The van der Waals surface area contributed by atoms with Crippen molar-refractivity contribution in [1.29, 1.82) is 0 Å². The number of ether oxygens (including phenoxy) is 1. The molecule has 0 aliphatic rings. The lowest BCUT2D eigenvalue weighted by atomic mass is 10.0. The van der Waals surface area contributed by atoms with Crippen LogP contribution in [-0.4, -0.2) is 11.7 Å². The largest absolute Gasteiger partial charge is 0.444 e. The molecule has 1 N–H and O–H groups in total. The molecule has 108 valence electrons. The number of carbonyl (C=O) groups excluding carboxylic acids is 1. The van der Waals surface area contributed by atoms with E-state index in [0.717, 1.165) is 28.8 Å². The molecule has 20 heavy (non-hydrogen) atoms. The van der Waals surface area contributed by atoms with Crippen molar-refractivity contribution in [3.8, 4) is 11.8 Å². The van der Waals surface area contributed by atoms with Gasteiger partial charge in [0.2, 0.25) is 0 Å². The van der Waals surface area contributed by atoms with Crippen molar-refractivity contribution >= 4 is 11.8 Å². The second-order valence-corrected chi connectivity index (χ2v) is 5.69. The Hall–Kier alpha value is -1.95. The molecule has 0 atom stereocenters. The van der Waals surface area contributed by atoms with Crippen molar-refractivity contribution in [3.05, 3.63) is 28.8 Å². The Bertz CT molecular complexity index is 557. The van der Waals surface area contributed by atoms with E-state index in [1.54, 1.807) is 0 Å². The van der Waals surface area contributed by atoms with Crippen LogP contribution in [0.5, 0.6) is 0 Å². The molecule has 3 nitrogen and oxygen atoms in total. The van der Waals surface area contributed by atoms with Gasteiger partial charge in [-0.3, -0.25) is 5.32 Å². The van der Waals surface area contributed by atoms with Crippen LogP contribution >= 0.6 is 0 Å². The molecular formula is C17H23NO2. The van der Waals surface area contributed by atoms with Gasteiger partial charge in [0, 0.05) is 17.7 Å². The van der Waals surface area contributed by atoms with Gasteiger partial charge in [-0.05, 0) is 57.9 Å². The highest BCUT2D eigenvalue weighted by atomic mass is 16.6. The maximum Gasteiger partial charge on any atom is 0.412 e. The molecule has 1 aromatic rings. The Balaban J connectivity index is 2.93. The summed E-state index contributed by atoms with van der Waals surface area (Å²) >= 11 is 0. The highest BCUT2D eigenvalue weighted by Gasteiger charge is 2.17. The van der Waals surface area contributed by atoms with E-state index >= 15 is 0 Å². The standard InChI is InChI=1S/C17H23NO2/c1-7-8-9-14-10-11-15(13(3)12(14)2)18-16(19)20-17(4,5)6/h10-11H,7H2,1-6H3,(H,18,19). The first-order valence-corrected chi connectivity index (χ1v) is 6.83. The maximum atomic E-state index is 11.8. The SMILES string of the molecule is CCC#Cc1ccc(NC(=O)OC(C)(C)C)c(C)c1C. The minimum Gasteiger partial charge on any atom is -0.444 e. The Kier molecular flexibility index (Phi) is 5.21. The fourth-order valence-corrected chi connectivity index (χ4v) is 1.69. The van der Waals surface area contributed by atoms with Gasteiger partial charge in [0.15, 0.2) is 0 Å². The first-order chi connectivity index (χ1) is 9.24. The predicted octanol–water partition coefficient (Wildman–Crippen LogP) is 4.41. The lowest BCUT2D eigenvalue weighted by Crippen LogP contribution is -2.27. The topological polar surface area (TPSA) is 38.3 Å². The molecule has 0 aliphatic heterocycles. The number of hydrogen-bond acceptors (Lipinski definition) is 2. The molecule has 3 heteroatoms. The molecular weight excluding hydrogens is 250 g/mol. The van der Waals surface area contributed by atoms with Gasteiger partial charge < -0.3 is 4.74 Å². The minimum atomic E-state index is -0.500. The lowest BCUT2D eigenvalue weighted by molar-refractivity contribution is 0.0636. The van der Waals surface area contributed by atoms with Crippen molar-refractivity contribution < 1.29 is 9.53 Å². The molecule has 0 spiro atoms. The molecule has 1 aromatic carbocycles. The van der Waals surface area contributed by atoms with Gasteiger partial charge in [-0.15, -0.1) is 0 Å². The first-order valence-electron chi connectivity index (χ1n) is 6.83. The van der Waals surface area contributed by atoms with Crippen LogP contribution in [0.3, 0.4) is 0 Å². The summed E-state index contributed by atoms with van der Waals surface area (Å²) in [5.41, 5.74) is 3.36. The molecule has 0 aromatic heterocycles. The third kappa shape index (κ3) is 4.62. The van der Waals surface area contributed by atoms with Gasteiger partial charge >= 0.3 is 6.09 Å². The van der Waals surface area contributed by atoms with Gasteiger partial charge in [-0.2, -0.15) is 0 Å². The number of nitrogens with one attached hydrogen (secondary N) is 1. The highest BCUT2D eigenvalue weighted by Crippen LogP contribution is 2.22. The van der Waals surface area contributed by atoms with Crippen molar-refractivity contribution in [2.45, 2.75) is 53.6 Å². The van der Waals surface area contributed by atoms with Crippen LogP contribution < -0.4 is 5.32 Å². The minimum absolute atomic E-state index is 0.438. The van der Waals surface area contributed by atoms with E-state index in [9.17, 15) is 4.79 Å². The Morgan fingerprint density at radius 2 is 1.90 bits per heavy atom. The van der Waals surface area contributed by atoms with Crippen LogP contribution in [0.25, 0.3) is 0 Å². The summed E-state index contributed by atoms with van der Waals surface area (Å²) in [6.45, 7) is 11.5. The molecule has 0 bridgehead atoms. The number of benzene rings is 1. The summed E-state index contributed by atoms with van der Waals surface area (Å²) in [7, 11) is 0. The Labute approximate surface area is 121 Å². The van der Waals surface area contributed by atoms with Gasteiger partial charge in [-0.25, -0.2) is 4.79 Å². The monoisotopic (exact) mass is 273 g/mol. The van der Waals surface area contributed by atoms with Crippen molar-refractivity contribution in [2.75, 3.05) is 5.32 Å². The quantitative estimate of drug-likeness (QED) is 0.770. The van der Waals surface area contributed by atoms with Crippen LogP contribution in [0.15, 0.2) is 12.1 Å². The average molecular weight is 273 g/mol. The summed E-state index contributed by atoms with van der Waals surface area (Å²) in [4.78, 5) is 11.8. The normalized spacial score (nSPS) is 10.5. The zero-order valence-electron chi connectivity index (χ0n) is 13.2. The molecule has 1 rings (SSSR count). The molecule has 0 saturated carbocycles. The zero-order chi connectivity index (χ0) is 15.3. The van der Waals surface area contributed by atoms with E-state index in [1.165, 1.54) is 0 Å². The van der Waals surface area contributed by atoms with Crippen LogP contribution in [0.2, 0.25) is 0 Å². The number of hydrogen-bond donors (Lipinski definition) is 1. The van der Waals surface area contributed by atoms with E-state index in [4.69, 9.17) is 4.74 Å². The summed E-state index contributed by atoms with van der Waals surface area (Å²) in [6, 6.07) is 3.80. The van der Waals surface area contributed by atoms with E-state index in [-0.39, 0.29) is 0 Å².